The number of nitrogens with one attached hydrogen (secondary N) is 1. The molecule has 10 nitrogen and oxygen atoms in total. The van der Waals surface area contributed by atoms with Gasteiger partial charge < -0.3 is 39.4 Å². The van der Waals surface area contributed by atoms with Crippen molar-refractivity contribution in [1.29, 1.82) is 0 Å². The van der Waals surface area contributed by atoms with Gasteiger partial charge in [-0.25, -0.2) is 0 Å². The zero-order valence-corrected chi connectivity index (χ0v) is 24.0. The van der Waals surface area contributed by atoms with Crippen molar-refractivity contribution in [3.05, 3.63) is 57.1 Å². The molecule has 2 aliphatic carbocycles. The molecule has 0 aliphatic heterocycles. The number of aliphatic hydroxyl groups excluding tert-OH is 3. The Morgan fingerprint density at radius 3 is 2.62 bits per heavy atom. The first-order chi connectivity index (χ1) is 18.9. The molecular formula is C28H35IN2O8. The zero-order chi connectivity index (χ0) is 27.9. The molecule has 4 N–H and O–H groups in total. The summed E-state index contributed by atoms with van der Waals surface area (Å²) in [7, 11) is 1.48. The predicted molar refractivity (Wildman–Crippen MR) is 150 cm³/mol. The lowest BCUT2D eigenvalue weighted by atomic mass is 9.87. The number of hydrogen-bond acceptors (Lipinski definition) is 8. The predicted octanol–water partition coefficient (Wildman–Crippen LogP) is 2.52. The van der Waals surface area contributed by atoms with E-state index in [2.05, 4.69) is 27.9 Å². The van der Waals surface area contributed by atoms with Crippen LogP contribution >= 0.6 is 22.6 Å². The molecule has 0 bridgehead atoms. The maximum atomic E-state index is 13.8. The van der Waals surface area contributed by atoms with Gasteiger partial charge in [-0.2, -0.15) is 0 Å². The van der Waals surface area contributed by atoms with Gasteiger partial charge in [-0.3, -0.25) is 9.59 Å². The first-order valence-electron chi connectivity index (χ1n) is 13.1. The van der Waals surface area contributed by atoms with Crippen molar-refractivity contribution in [3.63, 3.8) is 0 Å². The Hall–Kier alpha value is -2.61. The van der Waals surface area contributed by atoms with E-state index in [0.717, 1.165) is 31.2 Å². The van der Waals surface area contributed by atoms with E-state index in [1.807, 2.05) is 0 Å². The summed E-state index contributed by atoms with van der Waals surface area (Å²) in [5, 5.41) is 33.2. The second kappa shape index (κ2) is 13.6. The average molecular weight is 654 g/mol. The van der Waals surface area contributed by atoms with Crippen molar-refractivity contribution in [2.24, 2.45) is 5.92 Å². The molecule has 1 aromatic carbocycles. The maximum Gasteiger partial charge on any atom is 0.247 e. The van der Waals surface area contributed by atoms with Gasteiger partial charge in [0.05, 0.1) is 42.5 Å². The molecule has 2 amide bonds. The zero-order valence-electron chi connectivity index (χ0n) is 21.8. The van der Waals surface area contributed by atoms with Gasteiger partial charge in [-0.1, -0.05) is 12.8 Å². The maximum absolute atomic E-state index is 13.8. The van der Waals surface area contributed by atoms with E-state index in [1.165, 1.54) is 13.4 Å². The smallest absolute Gasteiger partial charge is 0.247 e. The van der Waals surface area contributed by atoms with Gasteiger partial charge in [0.2, 0.25) is 11.8 Å². The summed E-state index contributed by atoms with van der Waals surface area (Å²) in [5.41, 5.74) is 1.77. The minimum absolute atomic E-state index is 0.0621. The van der Waals surface area contributed by atoms with Crippen LogP contribution in [0.2, 0.25) is 0 Å². The number of ether oxygens (including phenoxy) is 2. The molecule has 3 atom stereocenters. The normalized spacial score (nSPS) is 21.4. The number of aliphatic hydroxyl groups is 3. The van der Waals surface area contributed by atoms with Crippen LogP contribution in [0.25, 0.3) is 0 Å². The molecule has 2 aromatic rings. The third kappa shape index (κ3) is 6.94. The second-order valence-corrected chi connectivity index (χ2v) is 11.0. The van der Waals surface area contributed by atoms with Crippen molar-refractivity contribution in [2.75, 3.05) is 20.3 Å². The summed E-state index contributed by atoms with van der Waals surface area (Å²) < 4.78 is 17.7. The largest absolute Gasteiger partial charge is 0.493 e. The fourth-order valence-corrected chi connectivity index (χ4v) is 6.03. The standard InChI is InChI=1S/C28H35IN2O8/c1-37-24-11-18(15-33)10-21(29)26(24)39-23-13-20(27(35)30-7-8-32)12-22(25(23)34)31(14-17-6-9-38-16-17)28(36)19-4-2-3-5-19/h6,9-11,13,16,19,22-23,25,32-34H,2-5,7-8,12,14-15H2,1H3,(H,30,35)/t22-,23+,25+/m1/s1. The first kappa shape index (κ1) is 29.4. The Labute approximate surface area is 241 Å². The SMILES string of the molecule is COc1cc(CO)cc(I)c1O[C@H]1C=C(C(=O)NCCO)C[C@@H](N(Cc2ccoc2)C(=O)C2CCCC2)[C@@H]1O. The molecule has 11 heteroatoms. The summed E-state index contributed by atoms with van der Waals surface area (Å²) >= 11 is 2.07. The van der Waals surface area contributed by atoms with Crippen LogP contribution in [0.5, 0.6) is 11.5 Å². The van der Waals surface area contributed by atoms with Gasteiger partial charge in [0, 0.05) is 36.6 Å². The van der Waals surface area contributed by atoms with Crippen LogP contribution in [0, 0.1) is 9.49 Å². The number of rotatable bonds is 11. The van der Waals surface area contributed by atoms with E-state index in [1.54, 1.807) is 35.4 Å². The summed E-state index contributed by atoms with van der Waals surface area (Å²) in [4.78, 5) is 28.5. The first-order valence-corrected chi connectivity index (χ1v) is 14.2. The number of benzene rings is 1. The molecule has 1 saturated carbocycles. The molecule has 0 unspecified atom stereocenters. The minimum atomic E-state index is -1.16. The summed E-state index contributed by atoms with van der Waals surface area (Å²) in [6.07, 6.45) is 6.18. The van der Waals surface area contributed by atoms with Crippen molar-refractivity contribution in [3.8, 4) is 11.5 Å². The van der Waals surface area contributed by atoms with Gasteiger partial charge in [0.25, 0.3) is 0 Å². The van der Waals surface area contributed by atoms with Gasteiger partial charge in [0.15, 0.2) is 11.5 Å². The molecule has 1 fully saturated rings. The van der Waals surface area contributed by atoms with Crippen LogP contribution < -0.4 is 14.8 Å². The van der Waals surface area contributed by atoms with Crippen LogP contribution in [0.15, 0.2) is 46.8 Å². The van der Waals surface area contributed by atoms with E-state index in [-0.39, 0.29) is 44.5 Å². The fourth-order valence-electron chi connectivity index (χ4n) is 5.24. The van der Waals surface area contributed by atoms with Crippen LogP contribution in [0.4, 0.5) is 0 Å². The molecule has 39 heavy (non-hydrogen) atoms. The van der Waals surface area contributed by atoms with E-state index in [9.17, 15) is 24.9 Å². The monoisotopic (exact) mass is 654 g/mol. The highest BCUT2D eigenvalue weighted by atomic mass is 127. The lowest BCUT2D eigenvalue weighted by molar-refractivity contribution is -0.143. The van der Waals surface area contributed by atoms with E-state index in [0.29, 0.717) is 26.2 Å². The highest BCUT2D eigenvalue weighted by molar-refractivity contribution is 14.1. The lowest BCUT2D eigenvalue weighted by Crippen LogP contribution is -2.55. The summed E-state index contributed by atoms with van der Waals surface area (Å²) in [5.74, 6) is 0.122. The van der Waals surface area contributed by atoms with Crippen LogP contribution in [0.1, 0.15) is 43.2 Å². The molecule has 1 heterocycles. The van der Waals surface area contributed by atoms with Crippen molar-refractivity contribution in [2.45, 2.75) is 63.5 Å². The molecule has 0 saturated heterocycles. The molecule has 0 radical (unpaired) electrons. The highest BCUT2D eigenvalue weighted by Crippen LogP contribution is 2.38. The Balaban J connectivity index is 1.71. The minimum Gasteiger partial charge on any atom is -0.493 e. The molecule has 4 rings (SSSR count). The summed E-state index contributed by atoms with van der Waals surface area (Å²) in [6.45, 7) is -0.104. The third-order valence-corrected chi connectivity index (χ3v) is 8.06. The molecule has 2 aliphatic rings. The number of methoxy groups -OCH3 is 1. The molecule has 0 spiro atoms. The van der Waals surface area contributed by atoms with Crippen LogP contribution in [-0.4, -0.2) is 70.5 Å². The summed E-state index contributed by atoms with van der Waals surface area (Å²) in [6, 6.07) is 4.42. The second-order valence-electron chi connectivity index (χ2n) is 9.86. The van der Waals surface area contributed by atoms with Gasteiger partial charge in [-0.15, -0.1) is 0 Å². The fraction of sp³-hybridized carbons (Fsp3) is 0.500. The third-order valence-electron chi connectivity index (χ3n) is 7.26. The average Bonchev–Trinajstić information content (AvgIpc) is 3.67. The number of halogens is 1. The van der Waals surface area contributed by atoms with Crippen LogP contribution in [0.3, 0.4) is 0 Å². The number of nitrogens with zero attached hydrogens (tertiary/aromatic N) is 1. The Morgan fingerprint density at radius 1 is 1.21 bits per heavy atom. The van der Waals surface area contributed by atoms with Gasteiger partial charge in [-0.05, 0) is 65.3 Å². The Morgan fingerprint density at radius 2 is 1.97 bits per heavy atom. The molecular weight excluding hydrogens is 619 g/mol. The van der Waals surface area contributed by atoms with Crippen molar-refractivity contribution in [1.82, 2.24) is 10.2 Å². The molecule has 212 valence electrons. The Bertz CT molecular complexity index is 1160. The van der Waals surface area contributed by atoms with Gasteiger partial charge >= 0.3 is 0 Å². The van der Waals surface area contributed by atoms with Crippen molar-refractivity contribution >= 4 is 34.4 Å². The van der Waals surface area contributed by atoms with Crippen LogP contribution in [-0.2, 0) is 22.7 Å². The quantitative estimate of drug-likeness (QED) is 0.271. The van der Waals surface area contributed by atoms with E-state index < -0.39 is 24.2 Å². The van der Waals surface area contributed by atoms with E-state index in [4.69, 9.17) is 13.9 Å². The van der Waals surface area contributed by atoms with Crippen molar-refractivity contribution < 1.29 is 38.8 Å². The number of carbonyl (C=O) groups is 2. The topological polar surface area (TPSA) is 142 Å². The lowest BCUT2D eigenvalue weighted by Gasteiger charge is -2.41. The highest BCUT2D eigenvalue weighted by Gasteiger charge is 2.42. The number of carbonyl (C=O) groups excluding carboxylic acids is 2. The molecule has 1 aromatic heterocycles. The van der Waals surface area contributed by atoms with Gasteiger partial charge in [0.1, 0.15) is 12.2 Å². The number of hydrogen-bond donors (Lipinski definition) is 4. The number of furan rings is 1. The number of amides is 2. The van der Waals surface area contributed by atoms with E-state index >= 15 is 0 Å². The Kier molecular flexibility index (Phi) is 10.3.